The van der Waals surface area contributed by atoms with Gasteiger partial charge in [-0.1, -0.05) is 44.2 Å². The molecule has 1 aliphatic rings. The van der Waals surface area contributed by atoms with Gasteiger partial charge in [0.2, 0.25) is 0 Å². The van der Waals surface area contributed by atoms with E-state index in [9.17, 15) is 4.79 Å². The molecule has 0 aliphatic carbocycles. The first-order chi connectivity index (χ1) is 13.5. The van der Waals surface area contributed by atoms with E-state index in [4.69, 9.17) is 4.74 Å². The molecule has 2 aromatic carbocycles. The van der Waals surface area contributed by atoms with Gasteiger partial charge in [-0.3, -0.25) is 4.79 Å². The van der Waals surface area contributed by atoms with Crippen LogP contribution < -0.4 is 4.74 Å². The molecule has 1 amide bonds. The second-order valence-corrected chi connectivity index (χ2v) is 7.94. The van der Waals surface area contributed by atoms with Crippen molar-refractivity contribution in [2.45, 2.75) is 45.6 Å². The van der Waals surface area contributed by atoms with Crippen LogP contribution in [0.15, 0.2) is 48.5 Å². The Morgan fingerprint density at radius 2 is 1.71 bits per heavy atom. The lowest BCUT2D eigenvalue weighted by Crippen LogP contribution is -2.41. The van der Waals surface area contributed by atoms with Gasteiger partial charge in [-0.05, 0) is 48.6 Å². The number of benzene rings is 2. The first-order valence-electron chi connectivity index (χ1n) is 10.2. The van der Waals surface area contributed by atoms with E-state index in [0.29, 0.717) is 5.92 Å². The van der Waals surface area contributed by atoms with Crippen LogP contribution in [-0.4, -0.2) is 35.0 Å². The molecule has 0 radical (unpaired) electrons. The minimum absolute atomic E-state index is 0.0578. The van der Waals surface area contributed by atoms with E-state index >= 15 is 0 Å². The Balaban J connectivity index is 1.42. The number of nitrogens with zero attached hydrogens (tertiary/aromatic N) is 1. The van der Waals surface area contributed by atoms with Gasteiger partial charge in [0, 0.05) is 36.1 Å². The quantitative estimate of drug-likeness (QED) is 0.718. The van der Waals surface area contributed by atoms with E-state index in [1.54, 1.807) is 0 Å². The van der Waals surface area contributed by atoms with Gasteiger partial charge in [-0.15, -0.1) is 0 Å². The molecule has 1 unspecified atom stereocenters. The second kappa shape index (κ2) is 7.70. The number of H-pyrrole nitrogens is 1. The highest BCUT2D eigenvalue weighted by Crippen LogP contribution is 2.26. The standard InChI is InChI=1S/C24H28N2O2/c1-16(2)18-8-10-19(11-9-18)28-17(3)24(27)26-14-12-21-20-6-4-5-7-22(20)25-23(21)13-15-26/h4-11,16-17,25H,12-15H2,1-3H3. The highest BCUT2D eigenvalue weighted by atomic mass is 16.5. The van der Waals surface area contributed by atoms with E-state index in [-0.39, 0.29) is 5.91 Å². The molecule has 2 heterocycles. The first-order valence-corrected chi connectivity index (χ1v) is 10.2. The van der Waals surface area contributed by atoms with E-state index < -0.39 is 6.10 Å². The van der Waals surface area contributed by atoms with Crippen LogP contribution in [-0.2, 0) is 17.6 Å². The van der Waals surface area contributed by atoms with Crippen LogP contribution in [0.1, 0.15) is 43.5 Å². The summed E-state index contributed by atoms with van der Waals surface area (Å²) < 4.78 is 5.93. The van der Waals surface area contributed by atoms with Gasteiger partial charge in [0.25, 0.3) is 5.91 Å². The third kappa shape index (κ3) is 3.64. The zero-order valence-electron chi connectivity index (χ0n) is 16.9. The Labute approximate surface area is 166 Å². The summed E-state index contributed by atoms with van der Waals surface area (Å²) in [5.41, 5.74) is 5.07. The van der Waals surface area contributed by atoms with Crippen LogP contribution in [0, 0.1) is 0 Å². The molecule has 1 N–H and O–H groups in total. The molecule has 1 aromatic heterocycles. The second-order valence-electron chi connectivity index (χ2n) is 7.94. The molecular formula is C24H28N2O2. The molecule has 0 saturated heterocycles. The summed E-state index contributed by atoms with van der Waals surface area (Å²) in [6, 6.07) is 16.5. The molecule has 0 fully saturated rings. The predicted octanol–water partition coefficient (Wildman–Crippen LogP) is 4.69. The number of rotatable bonds is 4. The van der Waals surface area contributed by atoms with Crippen molar-refractivity contribution in [3.8, 4) is 5.75 Å². The number of para-hydroxylation sites is 1. The summed E-state index contributed by atoms with van der Waals surface area (Å²) in [7, 11) is 0. The molecule has 0 spiro atoms. The topological polar surface area (TPSA) is 45.3 Å². The number of carbonyl (C=O) groups is 1. The fourth-order valence-electron chi connectivity index (χ4n) is 4.02. The van der Waals surface area contributed by atoms with Gasteiger partial charge in [0.1, 0.15) is 5.75 Å². The minimum atomic E-state index is -0.488. The van der Waals surface area contributed by atoms with E-state index in [1.807, 2.05) is 24.0 Å². The van der Waals surface area contributed by atoms with Crippen molar-refractivity contribution in [1.29, 1.82) is 0 Å². The third-order valence-electron chi connectivity index (χ3n) is 5.68. The lowest BCUT2D eigenvalue weighted by Gasteiger charge is -2.24. The molecule has 0 bridgehead atoms. The Kier molecular flexibility index (Phi) is 5.12. The summed E-state index contributed by atoms with van der Waals surface area (Å²) >= 11 is 0. The molecular weight excluding hydrogens is 348 g/mol. The lowest BCUT2D eigenvalue weighted by molar-refractivity contribution is -0.137. The molecule has 1 atom stereocenters. The average molecular weight is 377 g/mol. The van der Waals surface area contributed by atoms with Crippen molar-refractivity contribution in [2.24, 2.45) is 0 Å². The van der Waals surface area contributed by atoms with Gasteiger partial charge >= 0.3 is 0 Å². The zero-order chi connectivity index (χ0) is 19.7. The van der Waals surface area contributed by atoms with Crippen LogP contribution in [0.3, 0.4) is 0 Å². The van der Waals surface area contributed by atoms with Gasteiger partial charge in [0.05, 0.1) is 0 Å². The fourth-order valence-corrected chi connectivity index (χ4v) is 4.02. The van der Waals surface area contributed by atoms with E-state index in [0.717, 1.165) is 31.7 Å². The van der Waals surface area contributed by atoms with Crippen molar-refractivity contribution >= 4 is 16.8 Å². The highest BCUT2D eigenvalue weighted by Gasteiger charge is 2.25. The number of amides is 1. The Hall–Kier alpha value is -2.75. The number of nitrogens with one attached hydrogen (secondary N) is 1. The SMILES string of the molecule is CC(Oc1ccc(C(C)C)cc1)C(=O)N1CCc2[nH]c3ccccc3c2CC1. The highest BCUT2D eigenvalue weighted by molar-refractivity contribution is 5.85. The van der Waals surface area contributed by atoms with Crippen molar-refractivity contribution in [1.82, 2.24) is 9.88 Å². The van der Waals surface area contributed by atoms with Crippen molar-refractivity contribution < 1.29 is 9.53 Å². The molecule has 4 nitrogen and oxygen atoms in total. The Morgan fingerprint density at radius 1 is 1.00 bits per heavy atom. The number of aromatic amines is 1. The number of ether oxygens (including phenoxy) is 1. The van der Waals surface area contributed by atoms with Crippen LogP contribution >= 0.6 is 0 Å². The van der Waals surface area contributed by atoms with Crippen molar-refractivity contribution in [3.05, 3.63) is 65.4 Å². The first kappa shape index (κ1) is 18.6. The monoisotopic (exact) mass is 376 g/mol. The van der Waals surface area contributed by atoms with Crippen LogP contribution in [0.5, 0.6) is 5.75 Å². The predicted molar refractivity (Wildman–Crippen MR) is 113 cm³/mol. The van der Waals surface area contributed by atoms with Crippen LogP contribution in [0.4, 0.5) is 0 Å². The molecule has 0 saturated carbocycles. The molecule has 1 aliphatic heterocycles. The molecule has 4 rings (SSSR count). The fraction of sp³-hybridized carbons (Fsp3) is 0.375. The van der Waals surface area contributed by atoms with Gasteiger partial charge in [0.15, 0.2) is 6.10 Å². The van der Waals surface area contributed by atoms with Crippen molar-refractivity contribution in [2.75, 3.05) is 13.1 Å². The molecule has 146 valence electrons. The zero-order valence-corrected chi connectivity index (χ0v) is 16.9. The Morgan fingerprint density at radius 3 is 2.46 bits per heavy atom. The number of hydrogen-bond donors (Lipinski definition) is 1. The molecule has 28 heavy (non-hydrogen) atoms. The smallest absolute Gasteiger partial charge is 0.263 e. The summed E-state index contributed by atoms with van der Waals surface area (Å²) in [6.45, 7) is 7.63. The number of fused-ring (bicyclic) bond motifs is 3. The van der Waals surface area contributed by atoms with Gasteiger partial charge < -0.3 is 14.6 Å². The minimum Gasteiger partial charge on any atom is -0.481 e. The summed E-state index contributed by atoms with van der Waals surface area (Å²) in [5, 5.41) is 1.28. The number of hydrogen-bond acceptors (Lipinski definition) is 2. The van der Waals surface area contributed by atoms with Gasteiger partial charge in [-0.2, -0.15) is 0 Å². The molecule has 4 heteroatoms. The van der Waals surface area contributed by atoms with E-state index in [1.165, 1.54) is 27.7 Å². The van der Waals surface area contributed by atoms with E-state index in [2.05, 4.69) is 55.2 Å². The summed E-state index contributed by atoms with van der Waals surface area (Å²) in [5.74, 6) is 1.29. The maximum absolute atomic E-state index is 13.0. The largest absolute Gasteiger partial charge is 0.481 e. The maximum Gasteiger partial charge on any atom is 0.263 e. The average Bonchev–Trinajstić information content (AvgIpc) is 2.92. The lowest BCUT2D eigenvalue weighted by atomic mass is 10.0. The maximum atomic E-state index is 13.0. The van der Waals surface area contributed by atoms with Crippen molar-refractivity contribution in [3.63, 3.8) is 0 Å². The van der Waals surface area contributed by atoms with Gasteiger partial charge in [-0.25, -0.2) is 0 Å². The third-order valence-corrected chi connectivity index (χ3v) is 5.68. The summed E-state index contributed by atoms with van der Waals surface area (Å²) in [4.78, 5) is 18.4. The molecule has 3 aromatic rings. The number of aromatic nitrogens is 1. The summed E-state index contributed by atoms with van der Waals surface area (Å²) in [6.07, 6.45) is 1.24. The van der Waals surface area contributed by atoms with Crippen LogP contribution in [0.25, 0.3) is 10.9 Å². The number of carbonyl (C=O) groups excluding carboxylic acids is 1. The van der Waals surface area contributed by atoms with Crippen LogP contribution in [0.2, 0.25) is 0 Å². The normalized spacial score (nSPS) is 15.4. The Bertz CT molecular complexity index is 972.